The van der Waals surface area contributed by atoms with Gasteiger partial charge in [0.05, 0.1) is 22.2 Å². The Hall–Kier alpha value is -2.54. The van der Waals surface area contributed by atoms with Gasteiger partial charge in [-0.25, -0.2) is 0 Å². The van der Waals surface area contributed by atoms with E-state index >= 15 is 0 Å². The summed E-state index contributed by atoms with van der Waals surface area (Å²) in [7, 11) is 0. The summed E-state index contributed by atoms with van der Waals surface area (Å²) in [6.07, 6.45) is -1.07. The molecule has 0 radical (unpaired) electrons. The standard InChI is InChI=1S/C27H31ClF3N5S.CH4/c28-21-4-7-24(8-5-21)35-16-14-34(15-17-35)11-1-2-26(37)36-12-9-22(10-13-36)33-23-6-3-20(19-32)25(18-23)27(29,30)31;/h3-8,18,22,33H,1-2,9-17H2;1H4. The van der Waals surface area contributed by atoms with E-state index in [1.807, 2.05) is 12.1 Å². The van der Waals surface area contributed by atoms with Gasteiger partial charge in [0.1, 0.15) is 0 Å². The van der Waals surface area contributed by atoms with Gasteiger partial charge in [0.2, 0.25) is 0 Å². The Labute approximate surface area is 234 Å². The van der Waals surface area contributed by atoms with Crippen molar-refractivity contribution in [2.24, 2.45) is 0 Å². The SMILES string of the molecule is C.N#Cc1ccc(NC2CCN(C(=S)CCCN3CCN(c4ccc(Cl)cc4)CC3)CC2)cc1C(F)(F)F. The molecule has 2 heterocycles. The predicted molar refractivity (Wildman–Crippen MR) is 153 cm³/mol. The molecule has 2 aromatic rings. The minimum absolute atomic E-state index is 0. The van der Waals surface area contributed by atoms with Crippen molar-refractivity contribution in [2.45, 2.75) is 45.3 Å². The molecule has 4 rings (SSSR count). The normalized spacial score (nSPS) is 17.0. The molecule has 0 aromatic heterocycles. The molecule has 2 aliphatic rings. The Kier molecular flexibility index (Phi) is 10.7. The van der Waals surface area contributed by atoms with Crippen LogP contribution in [0.2, 0.25) is 5.02 Å². The third kappa shape index (κ3) is 7.98. The van der Waals surface area contributed by atoms with Crippen LogP contribution in [0.3, 0.4) is 0 Å². The highest BCUT2D eigenvalue weighted by Crippen LogP contribution is 2.34. The molecule has 206 valence electrons. The predicted octanol–water partition coefficient (Wildman–Crippen LogP) is 6.67. The molecule has 0 aliphatic carbocycles. The third-order valence-corrected chi connectivity index (χ3v) is 7.81. The lowest BCUT2D eigenvalue weighted by molar-refractivity contribution is -0.137. The van der Waals surface area contributed by atoms with Gasteiger partial charge in [-0.1, -0.05) is 31.2 Å². The zero-order valence-electron chi connectivity index (χ0n) is 20.6. The number of rotatable bonds is 7. The van der Waals surface area contributed by atoms with Gasteiger partial charge in [0, 0.05) is 61.7 Å². The maximum absolute atomic E-state index is 13.2. The Morgan fingerprint density at radius 1 is 1.03 bits per heavy atom. The van der Waals surface area contributed by atoms with Crippen molar-refractivity contribution >= 4 is 40.2 Å². The molecule has 5 nitrogen and oxygen atoms in total. The highest BCUT2D eigenvalue weighted by atomic mass is 35.5. The van der Waals surface area contributed by atoms with Crippen molar-refractivity contribution in [2.75, 3.05) is 56.0 Å². The summed E-state index contributed by atoms with van der Waals surface area (Å²) >= 11 is 11.7. The van der Waals surface area contributed by atoms with E-state index in [2.05, 4.69) is 32.1 Å². The summed E-state index contributed by atoms with van der Waals surface area (Å²) < 4.78 is 39.7. The smallest absolute Gasteiger partial charge is 0.382 e. The minimum Gasteiger partial charge on any atom is -0.382 e. The molecule has 0 bridgehead atoms. The van der Waals surface area contributed by atoms with Gasteiger partial charge in [0.15, 0.2) is 0 Å². The number of nitrogens with zero attached hydrogens (tertiary/aromatic N) is 4. The third-order valence-electron chi connectivity index (χ3n) is 7.09. The van der Waals surface area contributed by atoms with Crippen molar-refractivity contribution in [3.63, 3.8) is 0 Å². The second kappa shape index (κ2) is 13.5. The first-order chi connectivity index (χ1) is 17.7. The van der Waals surface area contributed by atoms with Crippen molar-refractivity contribution in [3.8, 4) is 6.07 Å². The number of halogens is 4. The van der Waals surface area contributed by atoms with Gasteiger partial charge in [-0.05, 0) is 74.7 Å². The summed E-state index contributed by atoms with van der Waals surface area (Å²) in [6.45, 7) is 6.65. The number of anilines is 2. The molecule has 0 atom stereocenters. The second-order valence-electron chi connectivity index (χ2n) is 9.58. The second-order valence-corrected chi connectivity index (χ2v) is 10.5. The van der Waals surface area contributed by atoms with Crippen molar-refractivity contribution in [1.82, 2.24) is 9.80 Å². The molecular formula is C28H35ClF3N5S. The average Bonchev–Trinajstić information content (AvgIpc) is 2.89. The van der Waals surface area contributed by atoms with Gasteiger partial charge >= 0.3 is 6.18 Å². The molecule has 0 spiro atoms. The van der Waals surface area contributed by atoms with Crippen LogP contribution in [0.5, 0.6) is 0 Å². The summed E-state index contributed by atoms with van der Waals surface area (Å²) in [4.78, 5) is 8.07. The summed E-state index contributed by atoms with van der Waals surface area (Å²) in [6, 6.07) is 13.5. The van der Waals surface area contributed by atoms with E-state index in [0.29, 0.717) is 5.69 Å². The summed E-state index contributed by atoms with van der Waals surface area (Å²) in [5.41, 5.74) is 0.346. The fourth-order valence-corrected chi connectivity index (χ4v) is 5.42. The van der Waals surface area contributed by atoms with E-state index in [-0.39, 0.29) is 19.0 Å². The van der Waals surface area contributed by atoms with Gasteiger partial charge in [0.25, 0.3) is 0 Å². The highest BCUT2D eigenvalue weighted by molar-refractivity contribution is 7.80. The van der Waals surface area contributed by atoms with Gasteiger partial charge in [-0.3, -0.25) is 4.90 Å². The molecule has 0 unspecified atom stereocenters. The average molecular weight is 566 g/mol. The zero-order chi connectivity index (χ0) is 26.4. The minimum atomic E-state index is -4.55. The van der Waals surface area contributed by atoms with Crippen molar-refractivity contribution < 1.29 is 13.2 Å². The van der Waals surface area contributed by atoms with E-state index in [4.69, 9.17) is 29.1 Å². The van der Waals surface area contributed by atoms with Crippen LogP contribution in [0.1, 0.15) is 44.2 Å². The largest absolute Gasteiger partial charge is 0.417 e. The Bertz CT molecular complexity index is 1100. The van der Waals surface area contributed by atoms with E-state index in [1.165, 1.54) is 11.8 Å². The monoisotopic (exact) mass is 565 g/mol. The van der Waals surface area contributed by atoms with Gasteiger partial charge < -0.3 is 15.1 Å². The first-order valence-electron chi connectivity index (χ1n) is 12.6. The summed E-state index contributed by atoms with van der Waals surface area (Å²) in [5, 5.41) is 12.9. The van der Waals surface area contributed by atoms with Crippen molar-refractivity contribution in [1.29, 1.82) is 5.26 Å². The number of nitrogens with one attached hydrogen (secondary N) is 1. The topological polar surface area (TPSA) is 45.5 Å². The highest BCUT2D eigenvalue weighted by Gasteiger charge is 2.34. The Morgan fingerprint density at radius 2 is 1.68 bits per heavy atom. The number of thiocarbonyl (C=S) groups is 1. The van der Waals surface area contributed by atoms with Crippen molar-refractivity contribution in [3.05, 3.63) is 58.6 Å². The van der Waals surface area contributed by atoms with Gasteiger partial charge in [-0.15, -0.1) is 0 Å². The zero-order valence-corrected chi connectivity index (χ0v) is 22.2. The first kappa shape index (κ1) is 30.0. The molecule has 10 heteroatoms. The number of likely N-dealkylation sites (tertiary alicyclic amines) is 1. The number of benzene rings is 2. The molecule has 2 saturated heterocycles. The molecule has 2 aliphatic heterocycles. The lowest BCUT2D eigenvalue weighted by Crippen LogP contribution is -2.47. The molecule has 2 fully saturated rings. The maximum Gasteiger partial charge on any atom is 0.417 e. The summed E-state index contributed by atoms with van der Waals surface area (Å²) in [5.74, 6) is 0. The van der Waals surface area contributed by atoms with Crippen LogP contribution in [0.25, 0.3) is 0 Å². The fourth-order valence-electron chi connectivity index (χ4n) is 4.97. The number of alkyl halides is 3. The molecule has 0 amide bonds. The number of nitriles is 1. The van der Waals surface area contributed by atoms with Crippen LogP contribution in [-0.4, -0.2) is 66.6 Å². The first-order valence-corrected chi connectivity index (χ1v) is 13.4. The van der Waals surface area contributed by atoms with Crippen LogP contribution in [0, 0.1) is 11.3 Å². The van der Waals surface area contributed by atoms with Crippen LogP contribution in [0.4, 0.5) is 24.5 Å². The lowest BCUT2D eigenvalue weighted by Gasteiger charge is -2.37. The lowest BCUT2D eigenvalue weighted by atomic mass is 10.0. The Balaban J connectivity index is 0.00000400. The molecule has 0 saturated carbocycles. The number of hydrogen-bond donors (Lipinski definition) is 1. The van der Waals surface area contributed by atoms with Gasteiger partial charge in [-0.2, -0.15) is 18.4 Å². The van der Waals surface area contributed by atoms with Crippen LogP contribution < -0.4 is 10.2 Å². The quantitative estimate of drug-likeness (QED) is 0.378. The van der Waals surface area contributed by atoms with Crippen LogP contribution >= 0.6 is 23.8 Å². The Morgan fingerprint density at radius 3 is 2.29 bits per heavy atom. The maximum atomic E-state index is 13.2. The van der Waals surface area contributed by atoms with Crippen LogP contribution in [-0.2, 0) is 6.18 Å². The van der Waals surface area contributed by atoms with Crippen LogP contribution in [0.15, 0.2) is 42.5 Å². The molecule has 1 N–H and O–H groups in total. The molecule has 38 heavy (non-hydrogen) atoms. The van der Waals surface area contributed by atoms with E-state index in [1.54, 1.807) is 12.1 Å². The fraction of sp³-hybridized carbons (Fsp3) is 0.500. The van der Waals surface area contributed by atoms with E-state index in [0.717, 1.165) is 87.6 Å². The van der Waals surface area contributed by atoms with E-state index < -0.39 is 11.7 Å². The number of piperidine rings is 1. The number of hydrogen-bond acceptors (Lipinski definition) is 5. The molecular weight excluding hydrogens is 531 g/mol. The van der Waals surface area contributed by atoms with E-state index in [9.17, 15) is 13.2 Å². The molecule has 2 aromatic carbocycles. The number of piperazine rings is 1.